The fourth-order valence-electron chi connectivity index (χ4n) is 1.39. The Kier molecular flexibility index (Phi) is 1.75. The Hall–Kier alpha value is -1.13. The maximum absolute atomic E-state index is 10.7. The number of benzene rings is 1. The molecule has 0 saturated carbocycles. The van der Waals surface area contributed by atoms with Crippen LogP contribution in [0, 0.1) is 0 Å². The molecule has 0 fully saturated rings. The summed E-state index contributed by atoms with van der Waals surface area (Å²) >= 11 is 0. The predicted octanol–water partition coefficient (Wildman–Crippen LogP) is 1.16. The van der Waals surface area contributed by atoms with Gasteiger partial charge in [0, 0.05) is 0 Å². The number of hydrogen-bond acceptors (Lipinski definition) is 3. The molecule has 68 valence electrons. The summed E-state index contributed by atoms with van der Waals surface area (Å²) < 4.78 is 32.0. The zero-order chi connectivity index (χ0) is 9.47. The van der Waals surface area contributed by atoms with E-state index in [0.717, 1.165) is 11.1 Å². The quantitative estimate of drug-likeness (QED) is 0.632. The lowest BCUT2D eigenvalue weighted by Crippen LogP contribution is -1.99. The molecule has 0 spiro atoms. The van der Waals surface area contributed by atoms with E-state index in [9.17, 15) is 13.0 Å². The maximum Gasteiger partial charge on any atom is 0.124 e. The highest BCUT2D eigenvalue weighted by atomic mass is 32.2. The van der Waals surface area contributed by atoms with Gasteiger partial charge in [-0.1, -0.05) is 18.2 Å². The first-order valence-corrected chi connectivity index (χ1v) is 5.23. The second kappa shape index (κ2) is 2.68. The van der Waals surface area contributed by atoms with Crippen molar-refractivity contribution < 1.29 is 13.0 Å². The summed E-state index contributed by atoms with van der Waals surface area (Å²) in [6.45, 7) is 0. The van der Waals surface area contributed by atoms with Crippen molar-refractivity contribution in [2.24, 2.45) is 0 Å². The molecule has 3 nitrogen and oxygen atoms in total. The lowest BCUT2D eigenvalue weighted by atomic mass is 10.1. The highest BCUT2D eigenvalue weighted by molar-refractivity contribution is 7.85. The molecule has 4 heteroatoms. The van der Waals surface area contributed by atoms with Crippen LogP contribution < -0.4 is 0 Å². The molecule has 0 aromatic heterocycles. The van der Waals surface area contributed by atoms with Crippen LogP contribution in [-0.2, 0) is 16.5 Å². The second-order valence-electron chi connectivity index (χ2n) is 2.92. The first-order chi connectivity index (χ1) is 6.07. The van der Waals surface area contributed by atoms with Crippen molar-refractivity contribution in [1.29, 1.82) is 0 Å². The average Bonchev–Trinajstić information content (AvgIpc) is 2.47. The molecular weight excluding hydrogens is 188 g/mol. The van der Waals surface area contributed by atoms with E-state index < -0.39 is 10.1 Å². The summed E-state index contributed by atoms with van der Waals surface area (Å²) in [5.41, 5.74) is 1.89. The van der Waals surface area contributed by atoms with Crippen LogP contribution in [-0.4, -0.2) is 13.0 Å². The third-order valence-corrected chi connectivity index (χ3v) is 2.87. The lowest BCUT2D eigenvalue weighted by Gasteiger charge is -2.08. The fourth-order valence-corrected chi connectivity index (χ4v) is 1.91. The van der Waals surface area contributed by atoms with E-state index in [1.165, 1.54) is 12.1 Å². The molecule has 0 unspecified atom stereocenters. The van der Waals surface area contributed by atoms with Gasteiger partial charge in [0.25, 0.3) is 0 Å². The summed E-state index contributed by atoms with van der Waals surface area (Å²) in [5, 5.41) is 0. The van der Waals surface area contributed by atoms with Gasteiger partial charge in [0.1, 0.15) is 10.1 Å². The molecule has 0 heterocycles. The number of rotatable bonds is 1. The van der Waals surface area contributed by atoms with Gasteiger partial charge < -0.3 is 4.55 Å². The fraction of sp³-hybridized carbons (Fsp3) is 0.111. The summed E-state index contributed by atoms with van der Waals surface area (Å²) in [6, 6.07) is 4.44. The molecule has 0 saturated heterocycles. The Morgan fingerprint density at radius 1 is 1.31 bits per heavy atom. The topological polar surface area (TPSA) is 57.2 Å². The molecule has 0 radical (unpaired) electrons. The largest absolute Gasteiger partial charge is 0.744 e. The minimum absolute atomic E-state index is 0.144. The Balaban J connectivity index is 2.57. The first-order valence-electron chi connectivity index (χ1n) is 3.83. The van der Waals surface area contributed by atoms with E-state index >= 15 is 0 Å². The smallest absolute Gasteiger partial charge is 0.124 e. The summed E-state index contributed by atoms with van der Waals surface area (Å²) in [7, 11) is -4.30. The summed E-state index contributed by atoms with van der Waals surface area (Å²) in [6.07, 6.45) is 4.56. The van der Waals surface area contributed by atoms with Gasteiger partial charge in [-0.15, -0.1) is 0 Å². The van der Waals surface area contributed by atoms with Crippen LogP contribution in [0.25, 0.3) is 6.08 Å². The third-order valence-electron chi connectivity index (χ3n) is 2.04. The Morgan fingerprint density at radius 3 is 2.77 bits per heavy atom. The van der Waals surface area contributed by atoms with Crippen LogP contribution in [0.15, 0.2) is 29.2 Å². The van der Waals surface area contributed by atoms with Crippen LogP contribution >= 0.6 is 0 Å². The second-order valence-corrected chi connectivity index (χ2v) is 4.30. The molecule has 0 atom stereocenters. The zero-order valence-corrected chi connectivity index (χ0v) is 7.54. The molecule has 1 aromatic rings. The van der Waals surface area contributed by atoms with E-state index in [2.05, 4.69) is 0 Å². The van der Waals surface area contributed by atoms with Crippen molar-refractivity contribution in [3.63, 3.8) is 0 Å². The molecule has 0 aliphatic heterocycles. The van der Waals surface area contributed by atoms with Crippen molar-refractivity contribution in [2.45, 2.75) is 11.3 Å². The molecular formula is C9H7O3S-. The van der Waals surface area contributed by atoms with Crippen molar-refractivity contribution in [3.05, 3.63) is 35.4 Å². The molecule has 0 bridgehead atoms. The molecule has 1 aromatic carbocycles. The van der Waals surface area contributed by atoms with E-state index in [4.69, 9.17) is 0 Å². The van der Waals surface area contributed by atoms with Crippen molar-refractivity contribution in [1.82, 2.24) is 0 Å². The van der Waals surface area contributed by atoms with Crippen LogP contribution in [0.5, 0.6) is 0 Å². The van der Waals surface area contributed by atoms with E-state index in [1.54, 1.807) is 6.07 Å². The molecule has 0 amide bonds. The van der Waals surface area contributed by atoms with Crippen molar-refractivity contribution >= 4 is 16.2 Å². The van der Waals surface area contributed by atoms with Gasteiger partial charge in [-0.25, -0.2) is 8.42 Å². The highest BCUT2D eigenvalue weighted by Crippen LogP contribution is 2.22. The first kappa shape index (κ1) is 8.47. The minimum Gasteiger partial charge on any atom is -0.744 e. The molecule has 2 rings (SSSR count). The molecule has 0 N–H and O–H groups in total. The average molecular weight is 195 g/mol. The lowest BCUT2D eigenvalue weighted by molar-refractivity contribution is 0.463. The van der Waals surface area contributed by atoms with E-state index in [0.29, 0.717) is 6.42 Å². The predicted molar refractivity (Wildman–Crippen MR) is 47.1 cm³/mol. The monoisotopic (exact) mass is 195 g/mol. The Bertz CT molecular complexity index is 472. The molecule has 1 aliphatic rings. The summed E-state index contributed by atoms with van der Waals surface area (Å²) in [5.74, 6) is 0. The molecule has 13 heavy (non-hydrogen) atoms. The van der Waals surface area contributed by atoms with Crippen molar-refractivity contribution in [2.75, 3.05) is 0 Å². The van der Waals surface area contributed by atoms with E-state index in [1.807, 2.05) is 12.2 Å². The van der Waals surface area contributed by atoms with Gasteiger partial charge in [-0.05, 0) is 29.7 Å². The third kappa shape index (κ3) is 1.50. The van der Waals surface area contributed by atoms with Gasteiger partial charge in [0.05, 0.1) is 4.90 Å². The van der Waals surface area contributed by atoms with Crippen LogP contribution in [0.1, 0.15) is 11.1 Å². The van der Waals surface area contributed by atoms with Gasteiger partial charge in [-0.3, -0.25) is 0 Å². The number of hydrogen-bond donors (Lipinski definition) is 0. The zero-order valence-electron chi connectivity index (χ0n) is 6.73. The van der Waals surface area contributed by atoms with Gasteiger partial charge in [0.15, 0.2) is 0 Å². The van der Waals surface area contributed by atoms with Gasteiger partial charge in [0.2, 0.25) is 0 Å². The number of fused-ring (bicyclic) bond motifs is 1. The van der Waals surface area contributed by atoms with Crippen molar-refractivity contribution in [3.8, 4) is 0 Å². The Morgan fingerprint density at radius 2 is 2.08 bits per heavy atom. The molecule has 1 aliphatic carbocycles. The van der Waals surface area contributed by atoms with Gasteiger partial charge in [-0.2, -0.15) is 0 Å². The van der Waals surface area contributed by atoms with E-state index in [-0.39, 0.29) is 4.90 Å². The van der Waals surface area contributed by atoms with Crippen LogP contribution in [0.3, 0.4) is 0 Å². The SMILES string of the molecule is O=S(=O)([O-])c1ccc2c(c1)CC=C2. The standard InChI is InChI=1S/C9H8O3S/c10-13(11,12)9-5-4-7-2-1-3-8(7)6-9/h1-2,4-6H,3H2,(H,10,11,12)/p-1. The normalized spacial score (nSPS) is 14.5. The minimum atomic E-state index is -4.30. The summed E-state index contributed by atoms with van der Waals surface area (Å²) in [4.78, 5) is -0.144. The van der Waals surface area contributed by atoms with Crippen LogP contribution in [0.2, 0.25) is 0 Å². The Labute approximate surface area is 76.5 Å². The number of allylic oxidation sites excluding steroid dienone is 1. The highest BCUT2D eigenvalue weighted by Gasteiger charge is 2.08. The maximum atomic E-state index is 10.7. The van der Waals surface area contributed by atoms with Crippen LogP contribution in [0.4, 0.5) is 0 Å². The van der Waals surface area contributed by atoms with Gasteiger partial charge >= 0.3 is 0 Å².